The molecular weight excluding hydrogens is 474 g/mol. The number of fused-ring (bicyclic) bond motifs is 3. The lowest BCUT2D eigenvalue weighted by Gasteiger charge is -2.18. The Morgan fingerprint density at radius 3 is 2.73 bits per heavy atom. The Morgan fingerprint density at radius 2 is 1.97 bits per heavy atom. The second-order valence-electron chi connectivity index (χ2n) is 8.25. The first-order chi connectivity index (χ1) is 16.0. The second-order valence-corrected chi connectivity index (χ2v) is 10.7. The number of thiophene rings is 1. The number of aryl methyl sites for hydroxylation is 1. The molecule has 5 nitrogen and oxygen atoms in total. The maximum Gasteiger partial charge on any atom is 0.267 e. The van der Waals surface area contributed by atoms with E-state index in [-0.39, 0.29) is 17.2 Å². The molecule has 0 aliphatic heterocycles. The van der Waals surface area contributed by atoms with Gasteiger partial charge in [0, 0.05) is 15.6 Å². The van der Waals surface area contributed by atoms with Crippen LogP contribution in [0.3, 0.4) is 0 Å². The number of carbonyl (C=O) groups is 1. The van der Waals surface area contributed by atoms with Gasteiger partial charge < -0.3 is 5.32 Å². The summed E-state index contributed by atoms with van der Waals surface area (Å²) in [6.07, 6.45) is 2.97. The first-order valence-corrected chi connectivity index (χ1v) is 13.0. The summed E-state index contributed by atoms with van der Waals surface area (Å²) in [6, 6.07) is 16.5. The van der Waals surface area contributed by atoms with Crippen molar-refractivity contribution < 1.29 is 4.79 Å². The minimum atomic E-state index is -0.150. The number of anilines is 1. The molecule has 2 aromatic heterocycles. The van der Waals surface area contributed by atoms with Gasteiger partial charge in [0.25, 0.3) is 5.56 Å². The van der Waals surface area contributed by atoms with Crippen molar-refractivity contribution in [1.29, 1.82) is 0 Å². The molecular formula is C25H22ClN3O2S2. The summed E-state index contributed by atoms with van der Waals surface area (Å²) < 4.78 is 1.62. The molecule has 0 radical (unpaired) electrons. The highest BCUT2D eigenvalue weighted by Crippen LogP contribution is 2.37. The van der Waals surface area contributed by atoms with Gasteiger partial charge in [-0.15, -0.1) is 11.3 Å². The van der Waals surface area contributed by atoms with E-state index in [0.29, 0.717) is 21.8 Å². The summed E-state index contributed by atoms with van der Waals surface area (Å²) >= 11 is 8.96. The van der Waals surface area contributed by atoms with Crippen LogP contribution >= 0.6 is 34.7 Å². The molecule has 1 N–H and O–H groups in total. The zero-order valence-corrected chi connectivity index (χ0v) is 20.4. The number of benzene rings is 2. The summed E-state index contributed by atoms with van der Waals surface area (Å²) in [6.45, 7) is 2.25. The van der Waals surface area contributed by atoms with Gasteiger partial charge in [0.05, 0.1) is 16.8 Å². The number of nitrogens with one attached hydrogen (secondary N) is 1. The average molecular weight is 496 g/mol. The predicted octanol–water partition coefficient (Wildman–Crippen LogP) is 5.96. The molecule has 4 aromatic rings. The smallest absolute Gasteiger partial charge is 0.267 e. The highest BCUT2D eigenvalue weighted by molar-refractivity contribution is 7.99. The molecule has 8 heteroatoms. The number of halogens is 1. The fourth-order valence-corrected chi connectivity index (χ4v) is 6.50. The number of nitrogens with zero attached hydrogens (tertiary/aromatic N) is 2. The molecule has 0 saturated carbocycles. The number of hydrogen-bond acceptors (Lipinski definition) is 5. The van der Waals surface area contributed by atoms with Gasteiger partial charge >= 0.3 is 0 Å². The van der Waals surface area contributed by atoms with Crippen LogP contribution in [0.1, 0.15) is 23.8 Å². The van der Waals surface area contributed by atoms with Gasteiger partial charge in [0.15, 0.2) is 5.16 Å². The third-order valence-electron chi connectivity index (χ3n) is 5.77. The summed E-state index contributed by atoms with van der Waals surface area (Å²) in [5, 5.41) is 4.70. The Kier molecular flexibility index (Phi) is 6.27. The Bertz CT molecular complexity index is 1380. The average Bonchev–Trinajstić information content (AvgIpc) is 3.17. The third kappa shape index (κ3) is 4.58. The van der Waals surface area contributed by atoms with Crippen LogP contribution in [0.4, 0.5) is 5.69 Å². The standard InChI is InChI=1S/C25H22ClN3O2S2/c1-15-7-12-19-20(13-15)33-23-22(19)24(31)29(18-10-8-16(26)9-11-18)25(28-23)32-14-21(30)27-17-5-3-2-4-6-17/h2-6,8-11,15H,7,12-14H2,1H3,(H,27,30). The minimum absolute atomic E-state index is 0.0830. The highest BCUT2D eigenvalue weighted by Gasteiger charge is 2.25. The molecule has 1 aliphatic rings. The lowest BCUT2D eigenvalue weighted by molar-refractivity contribution is -0.113. The van der Waals surface area contributed by atoms with Crippen molar-refractivity contribution in [2.24, 2.45) is 5.92 Å². The second kappa shape index (κ2) is 9.33. The molecule has 2 heterocycles. The molecule has 0 saturated heterocycles. The van der Waals surface area contributed by atoms with Crippen LogP contribution in [-0.2, 0) is 17.6 Å². The van der Waals surface area contributed by atoms with Crippen molar-refractivity contribution in [3.8, 4) is 5.69 Å². The van der Waals surface area contributed by atoms with Gasteiger partial charge in [-0.1, -0.05) is 48.5 Å². The van der Waals surface area contributed by atoms with Crippen LogP contribution < -0.4 is 10.9 Å². The molecule has 5 rings (SSSR count). The first-order valence-electron chi connectivity index (χ1n) is 10.8. The van der Waals surface area contributed by atoms with Crippen LogP contribution in [0.25, 0.3) is 15.9 Å². The number of thioether (sulfide) groups is 1. The van der Waals surface area contributed by atoms with E-state index in [4.69, 9.17) is 16.6 Å². The van der Waals surface area contributed by atoms with Gasteiger partial charge in [0.2, 0.25) is 5.91 Å². The van der Waals surface area contributed by atoms with Crippen molar-refractivity contribution in [2.45, 2.75) is 31.3 Å². The Labute approximate surface area is 204 Å². The molecule has 168 valence electrons. The summed E-state index contributed by atoms with van der Waals surface area (Å²) in [5.74, 6) is 0.602. The van der Waals surface area contributed by atoms with Gasteiger partial charge in [-0.2, -0.15) is 0 Å². The Balaban J connectivity index is 1.54. The van der Waals surface area contributed by atoms with Crippen LogP contribution in [-0.4, -0.2) is 21.2 Å². The number of hydrogen-bond donors (Lipinski definition) is 1. The maximum absolute atomic E-state index is 13.8. The minimum Gasteiger partial charge on any atom is -0.325 e. The topological polar surface area (TPSA) is 64.0 Å². The van der Waals surface area contributed by atoms with E-state index in [1.165, 1.54) is 16.6 Å². The largest absolute Gasteiger partial charge is 0.325 e. The summed E-state index contributed by atoms with van der Waals surface area (Å²) in [5.41, 5.74) is 2.49. The van der Waals surface area contributed by atoms with E-state index >= 15 is 0 Å². The number of para-hydroxylation sites is 1. The highest BCUT2D eigenvalue weighted by atomic mass is 35.5. The Morgan fingerprint density at radius 1 is 1.21 bits per heavy atom. The Hall–Kier alpha value is -2.61. The van der Waals surface area contributed by atoms with E-state index < -0.39 is 0 Å². The van der Waals surface area contributed by atoms with Crippen molar-refractivity contribution >= 4 is 56.5 Å². The fraction of sp³-hybridized carbons (Fsp3) is 0.240. The van der Waals surface area contributed by atoms with E-state index in [0.717, 1.165) is 40.7 Å². The van der Waals surface area contributed by atoms with Crippen molar-refractivity contribution in [3.05, 3.63) is 80.4 Å². The van der Waals surface area contributed by atoms with Crippen molar-refractivity contribution in [2.75, 3.05) is 11.1 Å². The summed E-state index contributed by atoms with van der Waals surface area (Å²) in [7, 11) is 0. The number of carbonyl (C=O) groups excluding carboxylic acids is 1. The van der Waals surface area contributed by atoms with Crippen molar-refractivity contribution in [3.63, 3.8) is 0 Å². The SMILES string of the molecule is CC1CCc2c(sc3nc(SCC(=O)Nc4ccccc4)n(-c4ccc(Cl)cc4)c(=O)c23)C1. The van der Waals surface area contributed by atoms with Gasteiger partial charge in [-0.05, 0) is 67.1 Å². The van der Waals surface area contributed by atoms with Crippen LogP contribution in [0.5, 0.6) is 0 Å². The number of amides is 1. The fourth-order valence-electron chi connectivity index (χ4n) is 4.13. The molecule has 0 bridgehead atoms. The lowest BCUT2D eigenvalue weighted by atomic mass is 9.89. The predicted molar refractivity (Wildman–Crippen MR) is 137 cm³/mol. The molecule has 1 amide bonds. The van der Waals surface area contributed by atoms with Crippen molar-refractivity contribution in [1.82, 2.24) is 9.55 Å². The van der Waals surface area contributed by atoms with E-state index in [1.54, 1.807) is 28.0 Å². The zero-order chi connectivity index (χ0) is 22.9. The molecule has 0 fully saturated rings. The molecule has 33 heavy (non-hydrogen) atoms. The van der Waals surface area contributed by atoms with Crippen LogP contribution in [0.2, 0.25) is 5.02 Å². The zero-order valence-electron chi connectivity index (χ0n) is 18.0. The van der Waals surface area contributed by atoms with Gasteiger partial charge in [0.1, 0.15) is 4.83 Å². The maximum atomic E-state index is 13.8. The van der Waals surface area contributed by atoms with E-state index in [1.807, 2.05) is 42.5 Å². The monoisotopic (exact) mass is 495 g/mol. The molecule has 2 aromatic carbocycles. The first kappa shape index (κ1) is 22.2. The summed E-state index contributed by atoms with van der Waals surface area (Å²) in [4.78, 5) is 33.2. The number of rotatable bonds is 5. The van der Waals surface area contributed by atoms with Crippen LogP contribution in [0, 0.1) is 5.92 Å². The molecule has 1 atom stereocenters. The quantitative estimate of drug-likeness (QED) is 0.274. The van der Waals surface area contributed by atoms with E-state index in [2.05, 4.69) is 12.2 Å². The van der Waals surface area contributed by atoms with Gasteiger partial charge in [-0.3, -0.25) is 14.2 Å². The third-order valence-corrected chi connectivity index (χ3v) is 8.11. The molecule has 1 unspecified atom stereocenters. The van der Waals surface area contributed by atoms with Gasteiger partial charge in [-0.25, -0.2) is 4.98 Å². The normalized spacial score (nSPS) is 15.4. The van der Waals surface area contributed by atoms with Crippen LogP contribution in [0.15, 0.2) is 64.5 Å². The van der Waals surface area contributed by atoms with E-state index in [9.17, 15) is 9.59 Å². The number of aromatic nitrogens is 2. The lowest BCUT2D eigenvalue weighted by Crippen LogP contribution is -2.23. The molecule has 1 aliphatic carbocycles. The molecule has 0 spiro atoms.